The Bertz CT molecular complexity index is 750. The number of carbonyl (C=O) groups excluding carboxylic acids is 1. The number of phenolic OH excluding ortho intramolecular Hbond substituents is 1. The summed E-state index contributed by atoms with van der Waals surface area (Å²) < 4.78 is 0. The zero-order chi connectivity index (χ0) is 13.9. The number of aromatic amines is 1. The molecule has 3 N–H and O–H groups in total. The summed E-state index contributed by atoms with van der Waals surface area (Å²) in [6.07, 6.45) is 0. The number of nitrogens with one attached hydrogen (secondary N) is 2. The van der Waals surface area contributed by atoms with E-state index in [1.54, 1.807) is 30.3 Å². The van der Waals surface area contributed by atoms with Crippen molar-refractivity contribution in [2.24, 2.45) is 0 Å². The molecule has 0 fully saturated rings. The van der Waals surface area contributed by atoms with Gasteiger partial charge in [0.05, 0.1) is 17.6 Å². The molecule has 0 saturated heterocycles. The molecule has 3 rings (SSSR count). The number of imidazole rings is 1. The summed E-state index contributed by atoms with van der Waals surface area (Å²) >= 11 is 0. The quantitative estimate of drug-likeness (QED) is 0.680. The largest absolute Gasteiger partial charge is 0.508 e. The Morgan fingerprint density at radius 3 is 2.80 bits per heavy atom. The van der Waals surface area contributed by atoms with Crippen molar-refractivity contribution in [3.8, 4) is 5.75 Å². The lowest BCUT2D eigenvalue weighted by Crippen LogP contribution is -2.23. The van der Waals surface area contributed by atoms with Crippen LogP contribution in [0.5, 0.6) is 5.75 Å². The minimum absolute atomic E-state index is 0.145. The molecular weight excluding hydrogens is 254 g/mol. The highest BCUT2D eigenvalue weighted by Gasteiger charge is 2.07. The third kappa shape index (κ3) is 2.47. The van der Waals surface area contributed by atoms with Gasteiger partial charge in [-0.05, 0) is 24.3 Å². The molecule has 20 heavy (non-hydrogen) atoms. The van der Waals surface area contributed by atoms with Crippen LogP contribution < -0.4 is 5.32 Å². The molecule has 100 valence electrons. The first kappa shape index (κ1) is 12.2. The van der Waals surface area contributed by atoms with Crippen LogP contribution in [0.1, 0.15) is 16.2 Å². The number of aromatic nitrogens is 2. The number of rotatable bonds is 3. The number of hydrogen-bond donors (Lipinski definition) is 3. The Morgan fingerprint density at radius 2 is 2.00 bits per heavy atom. The van der Waals surface area contributed by atoms with Crippen LogP contribution >= 0.6 is 0 Å². The van der Waals surface area contributed by atoms with Crippen LogP contribution in [0.25, 0.3) is 11.0 Å². The second-order valence-corrected chi connectivity index (χ2v) is 4.43. The van der Waals surface area contributed by atoms with E-state index >= 15 is 0 Å². The van der Waals surface area contributed by atoms with E-state index in [2.05, 4.69) is 15.3 Å². The predicted molar refractivity (Wildman–Crippen MR) is 75.4 cm³/mol. The Morgan fingerprint density at radius 1 is 1.20 bits per heavy atom. The summed E-state index contributed by atoms with van der Waals surface area (Å²) in [6.45, 7) is 0.309. The Kier molecular flexibility index (Phi) is 3.09. The average molecular weight is 267 g/mol. The van der Waals surface area contributed by atoms with Gasteiger partial charge in [-0.2, -0.15) is 0 Å². The van der Waals surface area contributed by atoms with Gasteiger partial charge in [0, 0.05) is 11.6 Å². The van der Waals surface area contributed by atoms with Crippen molar-refractivity contribution >= 4 is 16.9 Å². The third-order valence-electron chi connectivity index (χ3n) is 2.97. The molecule has 0 bridgehead atoms. The van der Waals surface area contributed by atoms with E-state index in [1.165, 1.54) is 0 Å². The maximum atomic E-state index is 11.9. The molecule has 0 radical (unpaired) electrons. The third-order valence-corrected chi connectivity index (χ3v) is 2.97. The van der Waals surface area contributed by atoms with Crippen LogP contribution in [-0.2, 0) is 6.54 Å². The lowest BCUT2D eigenvalue weighted by molar-refractivity contribution is 0.0950. The molecule has 0 aliphatic heterocycles. The number of amides is 1. The molecule has 1 heterocycles. The molecule has 5 heteroatoms. The number of benzene rings is 2. The highest BCUT2D eigenvalue weighted by atomic mass is 16.3. The topological polar surface area (TPSA) is 78.0 Å². The summed E-state index contributed by atoms with van der Waals surface area (Å²) in [5.41, 5.74) is 2.11. The number of nitrogens with zero attached hydrogens (tertiary/aromatic N) is 1. The first-order valence-electron chi connectivity index (χ1n) is 6.23. The number of carbonyl (C=O) groups is 1. The zero-order valence-corrected chi connectivity index (χ0v) is 10.6. The monoisotopic (exact) mass is 267 g/mol. The summed E-state index contributed by atoms with van der Waals surface area (Å²) in [6, 6.07) is 13.9. The lowest BCUT2D eigenvalue weighted by atomic mass is 10.2. The minimum atomic E-state index is -0.145. The van der Waals surface area contributed by atoms with Gasteiger partial charge in [0.1, 0.15) is 11.6 Å². The minimum Gasteiger partial charge on any atom is -0.508 e. The standard InChI is InChI=1S/C15H13N3O2/c19-11-6-7-12-13(8-11)18-14(17-12)9-16-15(20)10-4-2-1-3-5-10/h1-8,19H,9H2,(H,16,20)(H,17,18). The fourth-order valence-corrected chi connectivity index (χ4v) is 1.99. The van der Waals surface area contributed by atoms with E-state index in [9.17, 15) is 9.90 Å². The second kappa shape index (κ2) is 5.05. The Balaban J connectivity index is 1.72. The van der Waals surface area contributed by atoms with Gasteiger partial charge >= 0.3 is 0 Å². The van der Waals surface area contributed by atoms with Crippen molar-refractivity contribution in [1.29, 1.82) is 0 Å². The molecule has 1 aromatic heterocycles. The van der Waals surface area contributed by atoms with E-state index in [0.29, 0.717) is 17.9 Å². The summed E-state index contributed by atoms with van der Waals surface area (Å²) in [7, 11) is 0. The van der Waals surface area contributed by atoms with Crippen molar-refractivity contribution in [2.45, 2.75) is 6.54 Å². The van der Waals surface area contributed by atoms with Crippen molar-refractivity contribution in [1.82, 2.24) is 15.3 Å². The normalized spacial score (nSPS) is 10.6. The molecule has 0 spiro atoms. The molecule has 5 nitrogen and oxygen atoms in total. The maximum absolute atomic E-state index is 11.9. The number of aromatic hydroxyl groups is 1. The Labute approximate surface area is 115 Å². The number of phenols is 1. The predicted octanol–water partition coefficient (Wildman–Crippen LogP) is 2.20. The molecule has 2 aromatic carbocycles. The van der Waals surface area contributed by atoms with Crippen LogP contribution in [0, 0.1) is 0 Å². The highest BCUT2D eigenvalue weighted by Crippen LogP contribution is 2.17. The van der Waals surface area contributed by atoms with Gasteiger partial charge in [-0.1, -0.05) is 18.2 Å². The molecule has 1 amide bonds. The number of fused-ring (bicyclic) bond motifs is 1. The van der Waals surface area contributed by atoms with Gasteiger partial charge in [0.15, 0.2) is 0 Å². The Hall–Kier alpha value is -2.82. The molecule has 0 saturated carbocycles. The van der Waals surface area contributed by atoms with Crippen LogP contribution in [0.3, 0.4) is 0 Å². The fraction of sp³-hybridized carbons (Fsp3) is 0.0667. The van der Waals surface area contributed by atoms with Gasteiger partial charge in [-0.25, -0.2) is 4.98 Å². The van der Waals surface area contributed by atoms with Crippen LogP contribution in [0.4, 0.5) is 0 Å². The van der Waals surface area contributed by atoms with Crippen molar-refractivity contribution in [3.05, 3.63) is 59.9 Å². The highest BCUT2D eigenvalue weighted by molar-refractivity contribution is 5.94. The average Bonchev–Trinajstić information content (AvgIpc) is 2.87. The molecule has 0 aliphatic carbocycles. The van der Waals surface area contributed by atoms with E-state index in [0.717, 1.165) is 11.0 Å². The van der Waals surface area contributed by atoms with Gasteiger partial charge in [0.2, 0.25) is 0 Å². The number of H-pyrrole nitrogens is 1. The summed E-state index contributed by atoms with van der Waals surface area (Å²) in [4.78, 5) is 19.3. The van der Waals surface area contributed by atoms with E-state index < -0.39 is 0 Å². The lowest BCUT2D eigenvalue weighted by Gasteiger charge is -2.02. The van der Waals surface area contributed by atoms with Gasteiger partial charge in [0.25, 0.3) is 5.91 Å². The smallest absolute Gasteiger partial charge is 0.251 e. The van der Waals surface area contributed by atoms with E-state index in [-0.39, 0.29) is 11.7 Å². The van der Waals surface area contributed by atoms with Crippen molar-refractivity contribution in [3.63, 3.8) is 0 Å². The molecule has 0 atom stereocenters. The summed E-state index contributed by atoms with van der Waals surface area (Å²) in [5.74, 6) is 0.685. The molecule has 0 aliphatic rings. The second-order valence-electron chi connectivity index (χ2n) is 4.43. The van der Waals surface area contributed by atoms with Crippen LogP contribution in [0.15, 0.2) is 48.5 Å². The molecule has 3 aromatic rings. The first-order chi connectivity index (χ1) is 9.72. The van der Waals surface area contributed by atoms with Gasteiger partial charge < -0.3 is 15.4 Å². The maximum Gasteiger partial charge on any atom is 0.251 e. The van der Waals surface area contributed by atoms with Crippen LogP contribution in [-0.4, -0.2) is 21.0 Å². The summed E-state index contributed by atoms with van der Waals surface area (Å²) in [5, 5.41) is 12.2. The fourth-order valence-electron chi connectivity index (χ4n) is 1.99. The van der Waals surface area contributed by atoms with Crippen molar-refractivity contribution in [2.75, 3.05) is 0 Å². The van der Waals surface area contributed by atoms with Gasteiger partial charge in [-0.3, -0.25) is 4.79 Å². The van der Waals surface area contributed by atoms with Crippen LogP contribution in [0.2, 0.25) is 0 Å². The number of hydrogen-bond acceptors (Lipinski definition) is 3. The first-order valence-corrected chi connectivity index (χ1v) is 6.23. The van der Waals surface area contributed by atoms with Gasteiger partial charge in [-0.15, -0.1) is 0 Å². The molecule has 0 unspecified atom stereocenters. The van der Waals surface area contributed by atoms with Crippen molar-refractivity contribution < 1.29 is 9.90 Å². The zero-order valence-electron chi connectivity index (χ0n) is 10.6. The van der Waals surface area contributed by atoms with E-state index in [1.807, 2.05) is 18.2 Å². The van der Waals surface area contributed by atoms with E-state index in [4.69, 9.17) is 0 Å². The SMILES string of the molecule is O=C(NCc1nc2ccc(O)cc2[nH]1)c1ccccc1. The molecular formula is C15H13N3O2.